The molecular formula is C26H27FN4O3. The zero-order chi connectivity index (χ0) is 23.9. The second kappa shape index (κ2) is 10.9. The standard InChI is InChI=1S/C26H27FN4O3/c1-17(32)30-20-6-4-5-19(13-20)26(33)31-25-14-22(23(27)15-29-25)21-7-2-3-8-24(21)34-16-18-9-11-28-12-10-18/h2-3,7-12,14-15,19-20H,4-6,13,16H2,1H3,(H,30,32)(H,29,31,33). The van der Waals surface area contributed by atoms with Crippen molar-refractivity contribution in [3.8, 4) is 16.9 Å². The Morgan fingerprint density at radius 3 is 2.71 bits per heavy atom. The number of nitrogens with one attached hydrogen (secondary N) is 2. The molecule has 0 bridgehead atoms. The van der Waals surface area contributed by atoms with Crippen molar-refractivity contribution in [1.82, 2.24) is 15.3 Å². The van der Waals surface area contributed by atoms with E-state index in [1.807, 2.05) is 18.2 Å². The summed E-state index contributed by atoms with van der Waals surface area (Å²) in [7, 11) is 0. The molecular weight excluding hydrogens is 435 g/mol. The number of aromatic nitrogens is 2. The van der Waals surface area contributed by atoms with Crippen LogP contribution < -0.4 is 15.4 Å². The van der Waals surface area contributed by atoms with E-state index in [0.717, 1.165) is 31.0 Å². The van der Waals surface area contributed by atoms with E-state index in [2.05, 4.69) is 20.6 Å². The molecule has 0 aliphatic heterocycles. The first-order chi connectivity index (χ1) is 16.5. The van der Waals surface area contributed by atoms with Gasteiger partial charge in [-0.3, -0.25) is 14.6 Å². The van der Waals surface area contributed by atoms with Crippen molar-refractivity contribution in [1.29, 1.82) is 0 Å². The topological polar surface area (TPSA) is 93.2 Å². The maximum absolute atomic E-state index is 14.8. The van der Waals surface area contributed by atoms with Crippen LogP contribution in [-0.4, -0.2) is 27.8 Å². The van der Waals surface area contributed by atoms with Crippen LogP contribution in [0.5, 0.6) is 5.75 Å². The van der Waals surface area contributed by atoms with Gasteiger partial charge in [0.1, 0.15) is 24.0 Å². The number of pyridine rings is 2. The summed E-state index contributed by atoms with van der Waals surface area (Å²) < 4.78 is 20.7. The van der Waals surface area contributed by atoms with E-state index >= 15 is 0 Å². The average molecular weight is 463 g/mol. The fraction of sp³-hybridized carbons (Fsp3) is 0.308. The monoisotopic (exact) mass is 462 g/mol. The first-order valence-corrected chi connectivity index (χ1v) is 11.3. The molecule has 0 radical (unpaired) electrons. The van der Waals surface area contributed by atoms with Gasteiger partial charge in [0.05, 0.1) is 6.20 Å². The molecule has 4 rings (SSSR count). The summed E-state index contributed by atoms with van der Waals surface area (Å²) in [5.41, 5.74) is 1.80. The number of nitrogens with zero attached hydrogens (tertiary/aromatic N) is 2. The summed E-state index contributed by atoms with van der Waals surface area (Å²) in [5.74, 6) is -0.236. The van der Waals surface area contributed by atoms with Gasteiger partial charge in [0.25, 0.3) is 0 Å². The van der Waals surface area contributed by atoms with Gasteiger partial charge in [-0.2, -0.15) is 0 Å². The molecule has 3 aromatic rings. The maximum Gasteiger partial charge on any atom is 0.228 e. The van der Waals surface area contributed by atoms with Gasteiger partial charge in [-0.05, 0) is 49.1 Å². The quantitative estimate of drug-likeness (QED) is 0.540. The maximum atomic E-state index is 14.8. The van der Waals surface area contributed by atoms with Gasteiger partial charge in [0.2, 0.25) is 11.8 Å². The molecule has 34 heavy (non-hydrogen) atoms. The van der Waals surface area contributed by atoms with Crippen LogP contribution in [0.15, 0.2) is 61.1 Å². The second-order valence-electron chi connectivity index (χ2n) is 8.44. The Bertz CT molecular complexity index is 1160. The van der Waals surface area contributed by atoms with Crippen molar-refractivity contribution in [2.75, 3.05) is 5.32 Å². The fourth-order valence-electron chi connectivity index (χ4n) is 4.24. The number of anilines is 1. The van der Waals surface area contributed by atoms with E-state index in [0.29, 0.717) is 24.3 Å². The van der Waals surface area contributed by atoms with Gasteiger partial charge in [0.15, 0.2) is 0 Å². The number of hydrogen-bond donors (Lipinski definition) is 2. The van der Waals surface area contributed by atoms with E-state index in [1.165, 1.54) is 13.0 Å². The first-order valence-electron chi connectivity index (χ1n) is 11.3. The van der Waals surface area contributed by atoms with Crippen LogP contribution in [-0.2, 0) is 16.2 Å². The molecule has 1 aromatic carbocycles. The van der Waals surface area contributed by atoms with Crippen LogP contribution in [0.4, 0.5) is 10.2 Å². The van der Waals surface area contributed by atoms with Gasteiger partial charge >= 0.3 is 0 Å². The highest BCUT2D eigenvalue weighted by molar-refractivity contribution is 5.92. The fourth-order valence-corrected chi connectivity index (χ4v) is 4.24. The lowest BCUT2D eigenvalue weighted by Crippen LogP contribution is -2.40. The summed E-state index contributed by atoms with van der Waals surface area (Å²) in [6.07, 6.45) is 7.50. The molecule has 2 heterocycles. The second-order valence-corrected chi connectivity index (χ2v) is 8.44. The zero-order valence-corrected chi connectivity index (χ0v) is 19.0. The van der Waals surface area contributed by atoms with Crippen molar-refractivity contribution in [2.24, 2.45) is 5.92 Å². The predicted molar refractivity (Wildman–Crippen MR) is 126 cm³/mol. The number of amides is 2. The molecule has 0 spiro atoms. The third-order valence-electron chi connectivity index (χ3n) is 5.88. The van der Waals surface area contributed by atoms with Crippen molar-refractivity contribution in [3.05, 3.63) is 72.4 Å². The van der Waals surface area contributed by atoms with Crippen molar-refractivity contribution < 1.29 is 18.7 Å². The molecule has 1 aliphatic rings. The van der Waals surface area contributed by atoms with Crippen LogP contribution in [0.1, 0.15) is 38.2 Å². The van der Waals surface area contributed by atoms with Crippen LogP contribution in [0.2, 0.25) is 0 Å². The molecule has 7 nitrogen and oxygen atoms in total. The number of halogens is 1. The number of para-hydroxylation sites is 1. The Balaban J connectivity index is 1.49. The third kappa shape index (κ3) is 5.95. The molecule has 176 valence electrons. The van der Waals surface area contributed by atoms with Gasteiger partial charge in [-0.15, -0.1) is 0 Å². The lowest BCUT2D eigenvalue weighted by atomic mass is 9.85. The molecule has 8 heteroatoms. The van der Waals surface area contributed by atoms with E-state index in [9.17, 15) is 14.0 Å². The van der Waals surface area contributed by atoms with E-state index in [-0.39, 0.29) is 35.2 Å². The number of carbonyl (C=O) groups is 2. The Morgan fingerprint density at radius 1 is 1.12 bits per heavy atom. The minimum atomic E-state index is -0.513. The minimum absolute atomic E-state index is 0.0110. The Labute approximate surface area is 197 Å². The molecule has 1 fully saturated rings. The van der Waals surface area contributed by atoms with E-state index in [1.54, 1.807) is 30.6 Å². The summed E-state index contributed by atoms with van der Waals surface area (Å²) in [6.45, 7) is 1.79. The van der Waals surface area contributed by atoms with Crippen LogP contribution in [0.25, 0.3) is 11.1 Å². The zero-order valence-electron chi connectivity index (χ0n) is 19.0. The number of carbonyl (C=O) groups excluding carboxylic acids is 2. The highest BCUT2D eigenvalue weighted by Gasteiger charge is 2.28. The normalized spacial score (nSPS) is 17.6. The SMILES string of the molecule is CC(=O)NC1CCCC(C(=O)Nc2cc(-c3ccccc3OCc3ccncc3)c(F)cn2)C1. The van der Waals surface area contributed by atoms with Gasteiger partial charge in [-0.1, -0.05) is 24.6 Å². The molecule has 0 saturated heterocycles. The largest absolute Gasteiger partial charge is 0.488 e. The van der Waals surface area contributed by atoms with Crippen molar-refractivity contribution >= 4 is 17.6 Å². The molecule has 1 saturated carbocycles. The number of rotatable bonds is 7. The van der Waals surface area contributed by atoms with Crippen molar-refractivity contribution in [3.63, 3.8) is 0 Å². The van der Waals surface area contributed by atoms with Crippen LogP contribution in [0, 0.1) is 11.7 Å². The average Bonchev–Trinajstić information content (AvgIpc) is 2.84. The predicted octanol–water partition coefficient (Wildman–Crippen LogP) is 4.50. The smallest absolute Gasteiger partial charge is 0.228 e. The van der Waals surface area contributed by atoms with Gasteiger partial charge in [0, 0.05) is 42.4 Å². The third-order valence-corrected chi connectivity index (χ3v) is 5.88. The number of hydrogen-bond acceptors (Lipinski definition) is 5. The molecule has 1 aliphatic carbocycles. The molecule has 2 aromatic heterocycles. The lowest BCUT2D eigenvalue weighted by molar-refractivity contribution is -0.123. The van der Waals surface area contributed by atoms with Crippen LogP contribution >= 0.6 is 0 Å². The van der Waals surface area contributed by atoms with Gasteiger partial charge < -0.3 is 15.4 Å². The summed E-state index contributed by atoms with van der Waals surface area (Å²) in [6, 6.07) is 12.4. The Morgan fingerprint density at radius 2 is 1.91 bits per heavy atom. The molecule has 2 unspecified atom stereocenters. The number of benzene rings is 1. The van der Waals surface area contributed by atoms with E-state index in [4.69, 9.17) is 4.74 Å². The number of ether oxygens (including phenoxy) is 1. The highest BCUT2D eigenvalue weighted by atomic mass is 19.1. The highest BCUT2D eigenvalue weighted by Crippen LogP contribution is 2.33. The summed E-state index contributed by atoms with van der Waals surface area (Å²) in [5, 5.41) is 5.72. The van der Waals surface area contributed by atoms with Crippen molar-refractivity contribution in [2.45, 2.75) is 45.3 Å². The molecule has 2 atom stereocenters. The lowest BCUT2D eigenvalue weighted by Gasteiger charge is -2.28. The summed E-state index contributed by atoms with van der Waals surface area (Å²) >= 11 is 0. The Kier molecular flexibility index (Phi) is 7.47. The minimum Gasteiger partial charge on any atom is -0.488 e. The summed E-state index contributed by atoms with van der Waals surface area (Å²) in [4.78, 5) is 32.3. The van der Waals surface area contributed by atoms with E-state index < -0.39 is 5.82 Å². The molecule has 2 amide bonds. The van der Waals surface area contributed by atoms with Crippen LogP contribution in [0.3, 0.4) is 0 Å². The Hall–Kier alpha value is -3.81. The first kappa shape index (κ1) is 23.4. The molecule has 2 N–H and O–H groups in total. The van der Waals surface area contributed by atoms with Gasteiger partial charge in [-0.25, -0.2) is 9.37 Å².